The van der Waals surface area contributed by atoms with Crippen molar-refractivity contribution in [2.45, 2.75) is 27.7 Å². The average molecular weight is 313 g/mol. The van der Waals surface area contributed by atoms with Crippen LogP contribution < -0.4 is 5.32 Å². The highest BCUT2D eigenvalue weighted by atomic mass is 16.5. The molecule has 0 saturated heterocycles. The molecule has 0 amide bonds. The third kappa shape index (κ3) is 6.58. The van der Waals surface area contributed by atoms with Gasteiger partial charge >= 0.3 is 0 Å². The molecule has 0 unspecified atom stereocenters. The van der Waals surface area contributed by atoms with Crippen molar-refractivity contribution in [1.29, 1.82) is 5.26 Å². The van der Waals surface area contributed by atoms with Gasteiger partial charge in [-0.05, 0) is 57.7 Å². The van der Waals surface area contributed by atoms with Crippen LogP contribution in [0.25, 0.3) is 0 Å². The molecule has 0 atom stereocenters. The molecule has 1 aliphatic heterocycles. The van der Waals surface area contributed by atoms with Crippen molar-refractivity contribution in [3.05, 3.63) is 59.1 Å². The molecule has 1 rings (SSSR count). The SMILES string of the molecule is C/C=C\C=C/NCCOCCN1C(C)=CC(=C(C)C#N)C=C1C. The monoisotopic (exact) mass is 313 g/mol. The summed E-state index contributed by atoms with van der Waals surface area (Å²) in [5, 5.41) is 12.2. The summed E-state index contributed by atoms with van der Waals surface area (Å²) in [4.78, 5) is 2.22. The molecule has 0 aromatic heterocycles. The summed E-state index contributed by atoms with van der Waals surface area (Å²) in [7, 11) is 0. The quantitative estimate of drug-likeness (QED) is 0.422. The van der Waals surface area contributed by atoms with E-state index >= 15 is 0 Å². The Hall–Kier alpha value is -2.25. The van der Waals surface area contributed by atoms with Crippen molar-refractivity contribution >= 4 is 0 Å². The van der Waals surface area contributed by atoms with E-state index in [-0.39, 0.29) is 0 Å². The first-order valence-corrected chi connectivity index (χ1v) is 7.94. The Bertz CT molecular complexity index is 552. The van der Waals surface area contributed by atoms with Crippen LogP contribution in [0.1, 0.15) is 27.7 Å². The van der Waals surface area contributed by atoms with Gasteiger partial charge in [-0.3, -0.25) is 0 Å². The van der Waals surface area contributed by atoms with Crippen LogP contribution in [-0.4, -0.2) is 31.2 Å². The van der Waals surface area contributed by atoms with Gasteiger partial charge in [-0.25, -0.2) is 0 Å². The van der Waals surface area contributed by atoms with Crippen LogP contribution in [0.5, 0.6) is 0 Å². The average Bonchev–Trinajstić information content (AvgIpc) is 2.54. The molecule has 124 valence electrons. The zero-order valence-corrected chi connectivity index (χ0v) is 14.6. The topological polar surface area (TPSA) is 48.3 Å². The maximum atomic E-state index is 9.00. The molecule has 1 heterocycles. The minimum atomic E-state index is 0.674. The summed E-state index contributed by atoms with van der Waals surface area (Å²) in [6.45, 7) is 10.9. The number of hydrogen-bond donors (Lipinski definition) is 1. The molecule has 1 N–H and O–H groups in total. The van der Waals surface area contributed by atoms with Crippen LogP contribution >= 0.6 is 0 Å². The highest BCUT2D eigenvalue weighted by molar-refractivity contribution is 5.46. The van der Waals surface area contributed by atoms with Crippen molar-refractivity contribution in [2.24, 2.45) is 0 Å². The van der Waals surface area contributed by atoms with Crippen molar-refractivity contribution in [2.75, 3.05) is 26.3 Å². The second kappa shape index (κ2) is 10.5. The minimum absolute atomic E-state index is 0.674. The molecule has 0 aromatic rings. The van der Waals surface area contributed by atoms with E-state index in [9.17, 15) is 0 Å². The maximum absolute atomic E-state index is 9.00. The van der Waals surface area contributed by atoms with Crippen LogP contribution in [0.3, 0.4) is 0 Å². The van der Waals surface area contributed by atoms with E-state index in [1.54, 1.807) is 0 Å². The standard InChI is InChI=1S/C19H27N3O/c1-5-6-7-8-21-9-11-23-12-10-22-17(3)13-19(14-18(22)4)16(2)15-20/h5-8,13-14,21H,9-12H2,1-4H3/b6-5-,8-7-. The Morgan fingerprint density at radius 2 is 1.96 bits per heavy atom. The van der Waals surface area contributed by atoms with Gasteiger partial charge in [0.25, 0.3) is 0 Å². The van der Waals surface area contributed by atoms with Crippen LogP contribution in [0.2, 0.25) is 0 Å². The van der Waals surface area contributed by atoms with Crippen molar-refractivity contribution in [3.63, 3.8) is 0 Å². The first-order valence-electron chi connectivity index (χ1n) is 7.94. The van der Waals surface area contributed by atoms with Crippen molar-refractivity contribution in [3.8, 4) is 6.07 Å². The number of nitrogens with one attached hydrogen (secondary N) is 1. The van der Waals surface area contributed by atoms with Crippen LogP contribution in [0, 0.1) is 11.3 Å². The predicted octanol–water partition coefficient (Wildman–Crippen LogP) is 3.65. The van der Waals surface area contributed by atoms with Gasteiger partial charge in [0.1, 0.15) is 0 Å². The Labute approximate surface area is 140 Å². The lowest BCUT2D eigenvalue weighted by Crippen LogP contribution is -2.27. The van der Waals surface area contributed by atoms with Gasteiger partial charge in [-0.1, -0.05) is 12.2 Å². The minimum Gasteiger partial charge on any atom is -0.389 e. The molecule has 1 aliphatic rings. The molecule has 0 aromatic carbocycles. The normalized spacial score (nSPS) is 14.9. The summed E-state index contributed by atoms with van der Waals surface area (Å²) >= 11 is 0. The van der Waals surface area contributed by atoms with Crippen LogP contribution in [-0.2, 0) is 4.74 Å². The predicted molar refractivity (Wildman–Crippen MR) is 95.3 cm³/mol. The number of nitriles is 1. The fourth-order valence-electron chi connectivity index (χ4n) is 2.27. The Balaban J connectivity index is 2.34. The van der Waals surface area contributed by atoms with E-state index in [0.29, 0.717) is 13.2 Å². The summed E-state index contributed by atoms with van der Waals surface area (Å²) in [6.07, 6.45) is 11.9. The molecule has 0 fully saturated rings. The second-order valence-corrected chi connectivity index (χ2v) is 5.37. The fraction of sp³-hybridized carbons (Fsp3) is 0.421. The number of allylic oxidation sites excluding steroid dienone is 9. The number of rotatable bonds is 8. The van der Waals surface area contributed by atoms with Gasteiger partial charge in [0.05, 0.1) is 19.3 Å². The third-order valence-corrected chi connectivity index (χ3v) is 3.55. The molecule has 0 spiro atoms. The number of hydrogen-bond acceptors (Lipinski definition) is 4. The van der Waals surface area contributed by atoms with Crippen LogP contribution in [0.15, 0.2) is 59.1 Å². The fourth-order valence-corrected chi connectivity index (χ4v) is 2.27. The van der Waals surface area contributed by atoms with E-state index in [1.165, 1.54) is 0 Å². The molecule has 0 saturated carbocycles. The zero-order chi connectivity index (χ0) is 17.1. The van der Waals surface area contributed by atoms with Gasteiger partial charge in [-0.15, -0.1) is 0 Å². The smallest absolute Gasteiger partial charge is 0.0950 e. The second-order valence-electron chi connectivity index (χ2n) is 5.37. The van der Waals surface area contributed by atoms with E-state index < -0.39 is 0 Å². The van der Waals surface area contributed by atoms with E-state index in [1.807, 2.05) is 38.3 Å². The van der Waals surface area contributed by atoms with E-state index in [4.69, 9.17) is 10.00 Å². The van der Waals surface area contributed by atoms with Gasteiger partial charge < -0.3 is 15.0 Å². The highest BCUT2D eigenvalue weighted by Gasteiger charge is 2.14. The summed E-state index contributed by atoms with van der Waals surface area (Å²) in [6, 6.07) is 2.21. The first kappa shape index (κ1) is 18.8. The molecule has 0 bridgehead atoms. The van der Waals surface area contributed by atoms with Gasteiger partial charge in [-0.2, -0.15) is 5.26 Å². The summed E-state index contributed by atoms with van der Waals surface area (Å²) < 4.78 is 5.66. The highest BCUT2D eigenvalue weighted by Crippen LogP contribution is 2.23. The lowest BCUT2D eigenvalue weighted by molar-refractivity contribution is 0.123. The maximum Gasteiger partial charge on any atom is 0.0950 e. The molecular formula is C19H27N3O. The molecular weight excluding hydrogens is 286 g/mol. The van der Waals surface area contributed by atoms with E-state index in [0.717, 1.165) is 35.6 Å². The number of ether oxygens (including phenoxy) is 1. The molecule has 4 heteroatoms. The van der Waals surface area contributed by atoms with E-state index in [2.05, 4.69) is 42.3 Å². The Morgan fingerprint density at radius 1 is 1.26 bits per heavy atom. The third-order valence-electron chi connectivity index (χ3n) is 3.55. The van der Waals surface area contributed by atoms with Crippen molar-refractivity contribution < 1.29 is 4.74 Å². The first-order chi connectivity index (χ1) is 11.1. The summed E-state index contributed by atoms with van der Waals surface area (Å²) in [5.41, 5.74) is 4.03. The summed E-state index contributed by atoms with van der Waals surface area (Å²) in [5.74, 6) is 0. The molecule has 0 aliphatic carbocycles. The largest absolute Gasteiger partial charge is 0.389 e. The van der Waals surface area contributed by atoms with Gasteiger partial charge in [0, 0.05) is 30.1 Å². The Kier molecular flexibility index (Phi) is 8.56. The molecule has 23 heavy (non-hydrogen) atoms. The Morgan fingerprint density at radius 3 is 2.57 bits per heavy atom. The van der Waals surface area contributed by atoms with Gasteiger partial charge in [0.15, 0.2) is 0 Å². The lowest BCUT2D eigenvalue weighted by Gasteiger charge is -2.29. The molecule has 4 nitrogen and oxygen atoms in total. The lowest BCUT2D eigenvalue weighted by atomic mass is 10.0. The van der Waals surface area contributed by atoms with Crippen molar-refractivity contribution in [1.82, 2.24) is 10.2 Å². The zero-order valence-electron chi connectivity index (χ0n) is 14.6. The number of nitrogens with zero attached hydrogens (tertiary/aromatic N) is 2. The van der Waals surface area contributed by atoms with Crippen LogP contribution in [0.4, 0.5) is 0 Å². The molecule has 0 radical (unpaired) electrons. The van der Waals surface area contributed by atoms with Gasteiger partial charge in [0.2, 0.25) is 0 Å².